The molecule has 1 heterocycles. The molecule has 0 bridgehead atoms. The van der Waals surface area contributed by atoms with Gasteiger partial charge in [-0.2, -0.15) is 5.10 Å². The molecule has 2 aromatic rings. The summed E-state index contributed by atoms with van der Waals surface area (Å²) in [6, 6.07) is 8.20. The molecule has 1 aromatic carbocycles. The Balaban J connectivity index is 2.28. The van der Waals surface area contributed by atoms with Gasteiger partial charge in [-0.15, -0.1) is 0 Å². The molecule has 19 heavy (non-hydrogen) atoms. The fourth-order valence-electron chi connectivity index (χ4n) is 2.43. The molecule has 0 amide bonds. The van der Waals surface area contributed by atoms with Crippen molar-refractivity contribution < 1.29 is 5.11 Å². The summed E-state index contributed by atoms with van der Waals surface area (Å²) in [6.07, 6.45) is 2.32. The number of aromatic nitrogens is 2. The normalized spacial score (nSPS) is 12.9. The van der Waals surface area contributed by atoms with E-state index in [-0.39, 0.29) is 0 Å². The van der Waals surface area contributed by atoms with Crippen molar-refractivity contribution >= 4 is 0 Å². The summed E-state index contributed by atoms with van der Waals surface area (Å²) in [4.78, 5) is 0. The lowest BCUT2D eigenvalue weighted by molar-refractivity contribution is 0.219. The summed E-state index contributed by atoms with van der Waals surface area (Å²) in [7, 11) is 1.87. The van der Waals surface area contributed by atoms with E-state index in [9.17, 15) is 5.11 Å². The Morgan fingerprint density at radius 3 is 2.63 bits per heavy atom. The van der Waals surface area contributed by atoms with Crippen LogP contribution in [0.4, 0.5) is 0 Å². The highest BCUT2D eigenvalue weighted by Gasteiger charge is 2.16. The number of benzene rings is 1. The molecule has 0 saturated heterocycles. The van der Waals surface area contributed by atoms with Crippen LogP contribution >= 0.6 is 0 Å². The van der Waals surface area contributed by atoms with Crippen LogP contribution in [0.2, 0.25) is 0 Å². The van der Waals surface area contributed by atoms with Gasteiger partial charge >= 0.3 is 0 Å². The predicted octanol–water partition coefficient (Wildman–Crippen LogP) is 3.01. The summed E-state index contributed by atoms with van der Waals surface area (Å²) in [5, 5.41) is 14.8. The Labute approximate surface area is 114 Å². The van der Waals surface area contributed by atoms with Crippen LogP contribution in [0.15, 0.2) is 30.5 Å². The number of hydrogen-bond acceptors (Lipinski definition) is 2. The Morgan fingerprint density at radius 1 is 1.32 bits per heavy atom. The Hall–Kier alpha value is -1.61. The molecule has 0 aliphatic carbocycles. The second kappa shape index (κ2) is 5.57. The molecule has 3 heteroatoms. The van der Waals surface area contributed by atoms with Crippen molar-refractivity contribution in [3.63, 3.8) is 0 Å². The zero-order chi connectivity index (χ0) is 14.0. The van der Waals surface area contributed by atoms with Crippen molar-refractivity contribution in [3.05, 3.63) is 52.8 Å². The first-order valence-corrected chi connectivity index (χ1v) is 6.74. The SMILES string of the molecule is Cc1nn(C)cc1C(O)c1cccc(CC(C)C)c1. The predicted molar refractivity (Wildman–Crippen MR) is 77.0 cm³/mol. The molecule has 102 valence electrons. The zero-order valence-electron chi connectivity index (χ0n) is 12.1. The lowest BCUT2D eigenvalue weighted by atomic mass is 9.97. The van der Waals surface area contributed by atoms with E-state index in [1.165, 1.54) is 5.56 Å². The summed E-state index contributed by atoms with van der Waals surface area (Å²) < 4.78 is 1.74. The van der Waals surface area contributed by atoms with Crippen LogP contribution in [-0.4, -0.2) is 14.9 Å². The molecule has 1 atom stereocenters. The molecule has 1 N–H and O–H groups in total. The molecular formula is C16H22N2O. The first kappa shape index (κ1) is 13.8. The average molecular weight is 258 g/mol. The van der Waals surface area contributed by atoms with Crippen LogP contribution in [0.3, 0.4) is 0 Å². The van der Waals surface area contributed by atoms with E-state index in [1.807, 2.05) is 32.3 Å². The summed E-state index contributed by atoms with van der Waals surface area (Å²) >= 11 is 0. The number of aliphatic hydroxyl groups excluding tert-OH is 1. The smallest absolute Gasteiger partial charge is 0.107 e. The number of nitrogens with zero attached hydrogens (tertiary/aromatic N) is 2. The molecule has 2 rings (SSSR count). The average Bonchev–Trinajstić information content (AvgIpc) is 2.67. The maximum absolute atomic E-state index is 10.5. The first-order chi connectivity index (χ1) is 8.97. The van der Waals surface area contributed by atoms with Crippen molar-refractivity contribution in [2.75, 3.05) is 0 Å². The van der Waals surface area contributed by atoms with E-state index in [2.05, 4.69) is 31.1 Å². The van der Waals surface area contributed by atoms with E-state index < -0.39 is 6.10 Å². The highest BCUT2D eigenvalue weighted by Crippen LogP contribution is 2.25. The maximum atomic E-state index is 10.5. The Morgan fingerprint density at radius 2 is 2.05 bits per heavy atom. The maximum Gasteiger partial charge on any atom is 0.107 e. The molecule has 0 aliphatic heterocycles. The lowest BCUT2D eigenvalue weighted by Crippen LogP contribution is -2.02. The van der Waals surface area contributed by atoms with Gasteiger partial charge in [0.1, 0.15) is 6.10 Å². The topological polar surface area (TPSA) is 38.0 Å². The molecule has 0 aliphatic rings. The molecule has 0 radical (unpaired) electrons. The third-order valence-corrected chi connectivity index (χ3v) is 3.26. The van der Waals surface area contributed by atoms with Crippen LogP contribution in [0.25, 0.3) is 0 Å². The van der Waals surface area contributed by atoms with Crippen LogP contribution in [-0.2, 0) is 13.5 Å². The van der Waals surface area contributed by atoms with Gasteiger partial charge in [0.15, 0.2) is 0 Å². The molecule has 0 saturated carbocycles. The molecule has 0 fully saturated rings. The first-order valence-electron chi connectivity index (χ1n) is 6.74. The van der Waals surface area contributed by atoms with Gasteiger partial charge in [0.25, 0.3) is 0 Å². The minimum absolute atomic E-state index is 0.596. The summed E-state index contributed by atoms with van der Waals surface area (Å²) in [5.41, 5.74) is 3.97. The Bertz CT molecular complexity index is 558. The number of aliphatic hydroxyl groups is 1. The highest BCUT2D eigenvalue weighted by atomic mass is 16.3. The summed E-state index contributed by atoms with van der Waals surface area (Å²) in [5.74, 6) is 0.618. The second-order valence-corrected chi connectivity index (χ2v) is 5.59. The standard InChI is InChI=1S/C16H22N2O/c1-11(2)8-13-6-5-7-14(9-13)16(19)15-10-18(4)17-12(15)3/h5-7,9-11,16,19H,8H2,1-4H3. The molecule has 0 spiro atoms. The van der Waals surface area contributed by atoms with Crippen molar-refractivity contribution in [1.29, 1.82) is 0 Å². The molecule has 3 nitrogen and oxygen atoms in total. The van der Waals surface area contributed by atoms with Crippen LogP contribution in [0, 0.1) is 12.8 Å². The third-order valence-electron chi connectivity index (χ3n) is 3.26. The third kappa shape index (κ3) is 3.24. The largest absolute Gasteiger partial charge is 0.384 e. The lowest BCUT2D eigenvalue weighted by Gasteiger charge is -2.12. The van der Waals surface area contributed by atoms with Crippen LogP contribution in [0.5, 0.6) is 0 Å². The second-order valence-electron chi connectivity index (χ2n) is 5.59. The monoisotopic (exact) mass is 258 g/mol. The van der Waals surface area contributed by atoms with Crippen LogP contribution in [0.1, 0.15) is 42.3 Å². The van der Waals surface area contributed by atoms with Crippen molar-refractivity contribution in [2.45, 2.75) is 33.3 Å². The van der Waals surface area contributed by atoms with Gasteiger partial charge < -0.3 is 5.11 Å². The van der Waals surface area contributed by atoms with Gasteiger partial charge in [-0.1, -0.05) is 38.1 Å². The summed E-state index contributed by atoms with van der Waals surface area (Å²) in [6.45, 7) is 6.33. The van der Waals surface area contributed by atoms with Gasteiger partial charge in [-0.25, -0.2) is 0 Å². The number of aryl methyl sites for hydroxylation is 2. The number of rotatable bonds is 4. The van der Waals surface area contributed by atoms with E-state index >= 15 is 0 Å². The minimum Gasteiger partial charge on any atom is -0.384 e. The fraction of sp³-hybridized carbons (Fsp3) is 0.438. The van der Waals surface area contributed by atoms with E-state index in [4.69, 9.17) is 0 Å². The highest BCUT2D eigenvalue weighted by molar-refractivity contribution is 5.33. The van der Waals surface area contributed by atoms with Crippen molar-refractivity contribution in [3.8, 4) is 0 Å². The van der Waals surface area contributed by atoms with Crippen molar-refractivity contribution in [1.82, 2.24) is 9.78 Å². The Kier molecular flexibility index (Phi) is 4.05. The van der Waals surface area contributed by atoms with Crippen LogP contribution < -0.4 is 0 Å². The number of hydrogen-bond donors (Lipinski definition) is 1. The van der Waals surface area contributed by atoms with E-state index in [0.29, 0.717) is 5.92 Å². The minimum atomic E-state index is -0.596. The molecule has 1 aromatic heterocycles. The fourth-order valence-corrected chi connectivity index (χ4v) is 2.43. The molecular weight excluding hydrogens is 236 g/mol. The van der Waals surface area contributed by atoms with Gasteiger partial charge in [0, 0.05) is 18.8 Å². The van der Waals surface area contributed by atoms with Crippen molar-refractivity contribution in [2.24, 2.45) is 13.0 Å². The van der Waals surface area contributed by atoms with Gasteiger partial charge in [-0.05, 0) is 30.4 Å². The van der Waals surface area contributed by atoms with Gasteiger partial charge in [0.2, 0.25) is 0 Å². The van der Waals surface area contributed by atoms with Gasteiger partial charge in [-0.3, -0.25) is 4.68 Å². The quantitative estimate of drug-likeness (QED) is 0.915. The van der Waals surface area contributed by atoms with E-state index in [0.717, 1.165) is 23.2 Å². The zero-order valence-corrected chi connectivity index (χ0v) is 12.1. The molecule has 1 unspecified atom stereocenters. The van der Waals surface area contributed by atoms with E-state index in [1.54, 1.807) is 4.68 Å². The van der Waals surface area contributed by atoms with Gasteiger partial charge in [0.05, 0.1) is 5.69 Å².